The van der Waals surface area contributed by atoms with Gasteiger partial charge in [-0.3, -0.25) is 14.7 Å². The van der Waals surface area contributed by atoms with E-state index in [9.17, 15) is 10.2 Å². The summed E-state index contributed by atoms with van der Waals surface area (Å²) in [4.78, 5) is 73.4. The number of aliphatic hydroxyl groups is 2. The molecule has 1 saturated carbocycles. The number of nitrogens with zero attached hydrogens (tertiary/aromatic N) is 17. The van der Waals surface area contributed by atoms with Crippen molar-refractivity contribution in [3.05, 3.63) is 209 Å². The third-order valence-electron chi connectivity index (χ3n) is 22.9. The molecule has 12 aromatic rings. The highest BCUT2D eigenvalue weighted by Gasteiger charge is 2.28. The molecular formula is C94H120N22O2S4. The van der Waals surface area contributed by atoms with Crippen LogP contribution in [0.4, 0.5) is 46.5 Å². The monoisotopic (exact) mass is 1720 g/mol. The number of anilines is 8. The Bertz CT molecular complexity index is 5190. The summed E-state index contributed by atoms with van der Waals surface area (Å²) in [7, 11) is 2.19. The highest BCUT2D eigenvalue weighted by molar-refractivity contribution is 7.16. The lowest BCUT2D eigenvalue weighted by Crippen LogP contribution is -2.46. The van der Waals surface area contributed by atoms with Crippen molar-refractivity contribution in [3.63, 3.8) is 0 Å². The topological polar surface area (TPSA) is 271 Å². The van der Waals surface area contributed by atoms with Crippen molar-refractivity contribution in [2.75, 3.05) is 93.8 Å². The summed E-state index contributed by atoms with van der Waals surface area (Å²) in [6.45, 7) is 40.1. The van der Waals surface area contributed by atoms with E-state index in [-0.39, 0.29) is 12.2 Å². The smallest absolute Gasteiger partial charge is 0.227 e. The number of hydrogen-bond acceptors (Lipinski definition) is 28. The number of aliphatic hydroxyl groups excluding tert-OH is 2. The van der Waals surface area contributed by atoms with Crippen molar-refractivity contribution in [1.29, 1.82) is 0 Å². The molecule has 28 heteroatoms. The van der Waals surface area contributed by atoms with Gasteiger partial charge in [0.05, 0.1) is 35.0 Å². The van der Waals surface area contributed by atoms with E-state index in [1.165, 1.54) is 122 Å². The average molecular weight is 1720 g/mol. The molecule has 1 aliphatic carbocycles. The lowest BCUT2D eigenvalue weighted by molar-refractivity contribution is 0.0796. The summed E-state index contributed by atoms with van der Waals surface area (Å²) in [5, 5.41) is 40.1. The number of aryl methyl sites for hydroxylation is 12. The number of rotatable bonds is 22. The molecule has 642 valence electrons. The van der Waals surface area contributed by atoms with E-state index in [0.29, 0.717) is 29.8 Å². The number of likely N-dealkylation sites (N-methyl/N-ethyl adjacent to an activating group) is 1. The standard InChI is InChI=1S/C27H36N6S.C23H29N5OS.C22H28N6S.C22H27N5OS/c1-19-15-20(2)17-22(16-19)30-27-28-10-7-24(31-27)26-29-21(3)25(34-26)18-32-13-8-23(9-14-32)33-11-5-4-6-12-33;1-14-10-15(2)12-18(11-14)27-23-24-9-8-20(28-23)22-26-16(3)21(30-22)13-25-17-4-6-19(29)7-5-17;1-15-11-16(2)13-18(12-15)25-22-23-6-5-19(26-22)21-24-17(3)20(29-21)14-28-9-7-27(4)8-10-28;1-14-10-15(2)12-17(11-14)25-22-23-7-4-19(26-22)21-24-16(3)20(29-21)13-27-8-5-18(28)6-9-27/h7,10,15-17,23H,4-6,8-9,11-14,18H2,1-3H3,(H,28,30,31);8-12,17,19,25,29H,4-7,13H2,1-3H3,(H,24,27,28);5-6,11-13H,7-10,14H2,1-4H3,(H,23,25,26);4,7,10-12,18,28H,5-6,8-9,13H2,1-3H3,(H,23,25,26). The summed E-state index contributed by atoms with van der Waals surface area (Å²) in [5.74, 6) is 2.36. The predicted octanol–water partition coefficient (Wildman–Crippen LogP) is 18.6. The zero-order chi connectivity index (χ0) is 85.3. The highest BCUT2D eigenvalue weighted by Crippen LogP contribution is 2.36. The molecule has 4 aliphatic heterocycles. The normalized spacial score (nSPS) is 17.2. The molecule has 8 aromatic heterocycles. The zero-order valence-corrected chi connectivity index (χ0v) is 76.4. The molecule has 0 unspecified atom stereocenters. The molecular weight excluding hydrogens is 1600 g/mol. The fourth-order valence-electron chi connectivity index (χ4n) is 16.5. The SMILES string of the molecule is Cc1cc(C)cc(Nc2nccc(-c3nc(C)c(CN4CCC(N5CCCCC5)CC4)s3)n2)c1.Cc1cc(C)cc(Nc2nccc(-c3nc(C)c(CN4CCC(O)CC4)s3)n2)c1.Cc1cc(C)cc(Nc2nccc(-c3nc(C)c(CN4CCN(C)CC4)s3)n2)c1.Cc1cc(C)cc(Nc2nccc(-c3nc(C)c(CNC4CCC(O)CC4)s3)n2)c1. The average Bonchev–Trinajstić information content (AvgIpc) is 1.67. The van der Waals surface area contributed by atoms with Gasteiger partial charge in [-0.25, -0.2) is 59.8 Å². The molecule has 0 bridgehead atoms. The lowest BCUT2D eigenvalue weighted by Gasteiger charge is -2.40. The van der Waals surface area contributed by atoms with Gasteiger partial charge in [0.25, 0.3) is 0 Å². The second-order valence-electron chi connectivity index (χ2n) is 33.8. The van der Waals surface area contributed by atoms with Gasteiger partial charge in [0, 0.05) is 158 Å². The number of benzene rings is 4. The maximum Gasteiger partial charge on any atom is 0.227 e. The van der Waals surface area contributed by atoms with E-state index in [1.54, 1.807) is 63.9 Å². The summed E-state index contributed by atoms with van der Waals surface area (Å²) in [6.07, 6.45) is 19.2. The minimum atomic E-state index is -0.145. The number of likely N-dealkylation sites (tertiary alicyclic amines) is 3. The van der Waals surface area contributed by atoms with Crippen LogP contribution in [-0.4, -0.2) is 191 Å². The second-order valence-corrected chi connectivity index (χ2v) is 38.1. The number of aromatic nitrogens is 12. The quantitative estimate of drug-likeness (QED) is 0.0332. The number of thiazole rings is 4. The first-order valence-electron chi connectivity index (χ1n) is 43.2. The Morgan fingerprint density at radius 3 is 0.959 bits per heavy atom. The molecule has 4 saturated heterocycles. The van der Waals surface area contributed by atoms with Crippen LogP contribution in [0.3, 0.4) is 0 Å². The molecule has 7 N–H and O–H groups in total. The molecule has 17 rings (SSSR count). The Kier molecular flexibility index (Phi) is 30.8. The predicted molar refractivity (Wildman–Crippen MR) is 500 cm³/mol. The minimum Gasteiger partial charge on any atom is -0.393 e. The maximum absolute atomic E-state index is 9.71. The molecule has 4 aromatic carbocycles. The van der Waals surface area contributed by atoms with E-state index in [0.717, 1.165) is 198 Å². The van der Waals surface area contributed by atoms with Crippen LogP contribution in [0, 0.1) is 83.1 Å². The number of nitrogens with one attached hydrogen (secondary N) is 5. The van der Waals surface area contributed by atoms with Crippen molar-refractivity contribution in [1.82, 2.24) is 89.6 Å². The van der Waals surface area contributed by atoms with Gasteiger partial charge in [0.15, 0.2) is 0 Å². The van der Waals surface area contributed by atoms with Crippen LogP contribution in [0.25, 0.3) is 42.8 Å². The summed E-state index contributed by atoms with van der Waals surface area (Å²) < 4.78 is 0. The lowest BCUT2D eigenvalue weighted by atomic mass is 9.93. The Balaban J connectivity index is 0.000000133. The van der Waals surface area contributed by atoms with E-state index in [2.05, 4.69) is 244 Å². The van der Waals surface area contributed by atoms with Crippen LogP contribution in [0.15, 0.2) is 122 Å². The Hall–Kier alpha value is -9.40. The van der Waals surface area contributed by atoms with E-state index >= 15 is 0 Å². The van der Waals surface area contributed by atoms with Crippen LogP contribution in [0.2, 0.25) is 0 Å². The fraction of sp³-hybridized carbons (Fsp3) is 0.447. The fourth-order valence-corrected chi connectivity index (χ4v) is 20.8. The first kappa shape index (κ1) is 88.9. The van der Waals surface area contributed by atoms with E-state index < -0.39 is 0 Å². The Morgan fingerprint density at radius 2 is 0.623 bits per heavy atom. The maximum atomic E-state index is 9.71. The van der Waals surface area contributed by atoms with Crippen molar-refractivity contribution >= 4 is 91.9 Å². The van der Waals surface area contributed by atoms with Crippen LogP contribution in [0.1, 0.15) is 157 Å². The molecule has 122 heavy (non-hydrogen) atoms. The molecule has 0 radical (unpaired) electrons. The van der Waals surface area contributed by atoms with Crippen LogP contribution in [0.5, 0.6) is 0 Å². The van der Waals surface area contributed by atoms with Crippen molar-refractivity contribution < 1.29 is 10.2 Å². The van der Waals surface area contributed by atoms with Crippen LogP contribution < -0.4 is 26.6 Å². The van der Waals surface area contributed by atoms with Gasteiger partial charge in [0.2, 0.25) is 23.8 Å². The molecule has 0 atom stereocenters. The first-order valence-corrected chi connectivity index (χ1v) is 46.5. The van der Waals surface area contributed by atoms with Gasteiger partial charge >= 0.3 is 0 Å². The molecule has 0 amide bonds. The van der Waals surface area contributed by atoms with Crippen LogP contribution >= 0.6 is 45.3 Å². The molecule has 12 heterocycles. The number of hydrogen-bond donors (Lipinski definition) is 7. The van der Waals surface area contributed by atoms with Crippen molar-refractivity contribution in [2.24, 2.45) is 0 Å². The second kappa shape index (κ2) is 42.3. The Morgan fingerprint density at radius 1 is 0.328 bits per heavy atom. The third kappa shape index (κ3) is 25.6. The molecule has 5 aliphatic rings. The van der Waals surface area contributed by atoms with Crippen molar-refractivity contribution in [3.8, 4) is 42.8 Å². The van der Waals surface area contributed by atoms with Crippen LogP contribution in [-0.2, 0) is 26.2 Å². The van der Waals surface area contributed by atoms with E-state index in [1.807, 2.05) is 30.5 Å². The Labute approximate surface area is 736 Å². The molecule has 24 nitrogen and oxygen atoms in total. The summed E-state index contributed by atoms with van der Waals surface area (Å²) in [5.41, 5.74) is 21.4. The van der Waals surface area contributed by atoms with Crippen molar-refractivity contribution in [2.45, 2.75) is 204 Å². The van der Waals surface area contributed by atoms with Gasteiger partial charge in [-0.2, -0.15) is 0 Å². The zero-order valence-electron chi connectivity index (χ0n) is 73.2. The molecule has 0 spiro atoms. The summed E-state index contributed by atoms with van der Waals surface area (Å²) in [6, 6.07) is 34.4. The van der Waals surface area contributed by atoms with Gasteiger partial charge in [-0.05, 0) is 285 Å². The van der Waals surface area contributed by atoms with Gasteiger partial charge in [0.1, 0.15) is 42.8 Å². The highest BCUT2D eigenvalue weighted by atomic mass is 32.1. The van der Waals surface area contributed by atoms with Gasteiger partial charge in [-0.15, -0.1) is 45.3 Å². The third-order valence-corrected chi connectivity index (χ3v) is 27.6. The first-order chi connectivity index (χ1) is 58.9. The largest absolute Gasteiger partial charge is 0.393 e. The number of piperidine rings is 3. The van der Waals surface area contributed by atoms with Gasteiger partial charge < -0.3 is 46.6 Å². The molecule has 5 fully saturated rings. The minimum absolute atomic E-state index is 0.121. The van der Waals surface area contributed by atoms with E-state index in [4.69, 9.17) is 29.9 Å². The number of piperazine rings is 1. The van der Waals surface area contributed by atoms with Gasteiger partial charge in [-0.1, -0.05) is 30.7 Å². The summed E-state index contributed by atoms with van der Waals surface area (Å²) >= 11 is 6.89.